The van der Waals surface area contributed by atoms with Gasteiger partial charge in [-0.2, -0.15) is 0 Å². The number of ether oxygens (including phenoxy) is 2. The quantitative estimate of drug-likeness (QED) is 0.172. The van der Waals surface area contributed by atoms with Crippen LogP contribution in [0.5, 0.6) is 11.5 Å². The van der Waals surface area contributed by atoms with Crippen LogP contribution < -0.4 is 24.4 Å². The van der Waals surface area contributed by atoms with Gasteiger partial charge < -0.3 is 9.47 Å². The number of aromatic nitrogens is 1. The van der Waals surface area contributed by atoms with Crippen molar-refractivity contribution in [3.63, 3.8) is 0 Å². The molecule has 0 bridgehead atoms. The van der Waals surface area contributed by atoms with Gasteiger partial charge in [-0.25, -0.2) is 4.99 Å². The van der Waals surface area contributed by atoms with Crippen molar-refractivity contribution in [2.75, 3.05) is 7.11 Å². The molecule has 7 rings (SSSR count). The first-order valence-electron chi connectivity index (χ1n) is 13.9. The third kappa shape index (κ3) is 5.49. The Morgan fingerprint density at radius 3 is 2.51 bits per heavy atom. The van der Waals surface area contributed by atoms with Crippen LogP contribution in [0.3, 0.4) is 0 Å². The van der Waals surface area contributed by atoms with Crippen molar-refractivity contribution in [2.45, 2.75) is 25.5 Å². The predicted molar refractivity (Wildman–Crippen MR) is 188 cm³/mol. The summed E-state index contributed by atoms with van der Waals surface area (Å²) >= 11 is 6.08. The number of benzene rings is 4. The van der Waals surface area contributed by atoms with Crippen molar-refractivity contribution >= 4 is 68.3 Å². The number of methoxy groups -OCH3 is 1. The molecule has 0 unspecified atom stereocenters. The summed E-state index contributed by atoms with van der Waals surface area (Å²) in [4.78, 5) is 20.0. The Balaban J connectivity index is 1.33. The smallest absolute Gasteiger partial charge is 0.271 e. The first-order valence-corrected chi connectivity index (χ1v) is 16.9. The molecule has 1 aliphatic heterocycles. The van der Waals surface area contributed by atoms with Crippen molar-refractivity contribution < 1.29 is 9.47 Å². The normalized spacial score (nSPS) is 15.8. The van der Waals surface area contributed by atoms with Crippen LogP contribution in [0.15, 0.2) is 106 Å². The van der Waals surface area contributed by atoms with Crippen molar-refractivity contribution in [1.82, 2.24) is 4.57 Å². The minimum atomic E-state index is -0.245. The third-order valence-electron chi connectivity index (χ3n) is 7.83. The van der Waals surface area contributed by atoms with E-state index in [0.29, 0.717) is 15.9 Å². The Kier molecular flexibility index (Phi) is 8.00. The van der Waals surface area contributed by atoms with Gasteiger partial charge in [-0.05, 0) is 116 Å². The zero-order valence-electron chi connectivity index (χ0n) is 23.2. The second kappa shape index (κ2) is 12.0. The third-order valence-corrected chi connectivity index (χ3v) is 10.4. The number of hydrogen-bond acceptors (Lipinski definition) is 5. The average molecular weight is 808 g/mol. The van der Waals surface area contributed by atoms with Crippen LogP contribution in [0.4, 0.5) is 0 Å². The summed E-state index contributed by atoms with van der Waals surface area (Å²) in [6, 6.07) is 30.6. The van der Waals surface area contributed by atoms with Gasteiger partial charge in [-0.1, -0.05) is 78.1 Å². The van der Waals surface area contributed by atoms with Crippen molar-refractivity contribution in [3.8, 4) is 11.5 Å². The molecule has 2 heterocycles. The lowest BCUT2D eigenvalue weighted by Gasteiger charge is -2.31. The second-order valence-electron chi connectivity index (χ2n) is 10.5. The summed E-state index contributed by atoms with van der Waals surface area (Å²) in [5, 5.41) is 0. The fourth-order valence-corrected chi connectivity index (χ4v) is 8.94. The molecule has 1 aromatic heterocycles. The van der Waals surface area contributed by atoms with Crippen molar-refractivity contribution in [1.29, 1.82) is 0 Å². The van der Waals surface area contributed by atoms with E-state index in [2.05, 4.69) is 99.8 Å². The van der Waals surface area contributed by atoms with Gasteiger partial charge in [0.25, 0.3) is 5.56 Å². The van der Waals surface area contributed by atoms with Crippen LogP contribution in [0.2, 0.25) is 0 Å². The fourth-order valence-electron chi connectivity index (χ4n) is 5.82. The molecule has 1 atom stereocenters. The summed E-state index contributed by atoms with van der Waals surface area (Å²) in [6.07, 6.45) is 3.75. The maximum absolute atomic E-state index is 14.2. The zero-order valence-corrected chi connectivity index (χ0v) is 28.4. The monoisotopic (exact) mass is 808 g/mol. The van der Waals surface area contributed by atoms with E-state index in [1.807, 2.05) is 47.0 Å². The minimum Gasteiger partial charge on any atom is -0.497 e. The van der Waals surface area contributed by atoms with Gasteiger partial charge in [0.1, 0.15) is 18.1 Å². The van der Waals surface area contributed by atoms with Crippen LogP contribution in [0.25, 0.3) is 11.8 Å². The molecule has 0 fully saturated rings. The van der Waals surface area contributed by atoms with Gasteiger partial charge in [0.15, 0.2) is 4.80 Å². The van der Waals surface area contributed by atoms with E-state index in [1.165, 1.54) is 22.5 Å². The Labute approximate surface area is 280 Å². The molecule has 5 nitrogen and oxygen atoms in total. The predicted octanol–water partition coefficient (Wildman–Crippen LogP) is 7.12. The number of rotatable bonds is 6. The molecule has 0 saturated carbocycles. The number of nitrogens with zero attached hydrogens (tertiary/aromatic N) is 2. The van der Waals surface area contributed by atoms with Crippen LogP contribution in [-0.2, 0) is 13.0 Å². The number of allylic oxidation sites excluding steroid dienone is 1. The average Bonchev–Trinajstić information content (AvgIpc) is 3.33. The van der Waals surface area contributed by atoms with Gasteiger partial charge in [-0.15, -0.1) is 0 Å². The molecule has 214 valence electrons. The SMILES string of the molecule is COc1cccc([C@H]2C3=C(N=c4s/c(=C\c5cc(I)c(OCc6ccccc6)c(I)c5)c(=O)n42)c2ccccc2CC3)c1. The van der Waals surface area contributed by atoms with Crippen molar-refractivity contribution in [3.05, 3.63) is 151 Å². The zero-order chi connectivity index (χ0) is 29.5. The molecular weight excluding hydrogens is 782 g/mol. The van der Waals surface area contributed by atoms with Crippen LogP contribution in [-0.4, -0.2) is 11.7 Å². The number of thiazole rings is 1. The summed E-state index contributed by atoms with van der Waals surface area (Å²) in [5.41, 5.74) is 7.70. The Morgan fingerprint density at radius 2 is 1.72 bits per heavy atom. The summed E-state index contributed by atoms with van der Waals surface area (Å²) in [7, 11) is 1.67. The topological polar surface area (TPSA) is 52.8 Å². The van der Waals surface area contributed by atoms with Gasteiger partial charge in [0.05, 0.1) is 30.5 Å². The van der Waals surface area contributed by atoms with Gasteiger partial charge in [0.2, 0.25) is 0 Å². The first-order chi connectivity index (χ1) is 21.0. The highest BCUT2D eigenvalue weighted by Gasteiger charge is 2.32. The molecule has 0 saturated heterocycles. The highest BCUT2D eigenvalue weighted by atomic mass is 127. The molecule has 0 spiro atoms. The number of hydrogen-bond donors (Lipinski definition) is 0. The largest absolute Gasteiger partial charge is 0.497 e. The van der Waals surface area contributed by atoms with E-state index in [1.54, 1.807) is 7.11 Å². The molecule has 0 N–H and O–H groups in total. The van der Waals surface area contributed by atoms with E-state index < -0.39 is 0 Å². The summed E-state index contributed by atoms with van der Waals surface area (Å²) in [6.45, 7) is 0.503. The fraction of sp³-hybridized carbons (Fsp3) is 0.143. The number of fused-ring (bicyclic) bond motifs is 3. The standard InChI is InChI=1S/C35H26I2N2O3S/c1-41-25-12-7-11-24(19-25)32-27-15-14-23-10-5-6-13-26(23)31(27)38-35-39(32)34(40)30(43-35)18-22-16-28(36)33(29(37)17-22)42-20-21-8-3-2-4-9-21/h2-13,16-19,32H,14-15,20H2,1H3/b30-18-/t32-/m0/s1. The Morgan fingerprint density at radius 1 is 0.953 bits per heavy atom. The lowest BCUT2D eigenvalue weighted by atomic mass is 9.83. The van der Waals surface area contributed by atoms with E-state index in [-0.39, 0.29) is 11.6 Å². The Hall–Kier alpha value is -3.22. The van der Waals surface area contributed by atoms with E-state index >= 15 is 0 Å². The second-order valence-corrected chi connectivity index (χ2v) is 13.8. The van der Waals surface area contributed by atoms with E-state index in [4.69, 9.17) is 14.5 Å². The highest BCUT2D eigenvalue weighted by molar-refractivity contribution is 14.1. The number of aryl methyl sites for hydroxylation is 1. The Bertz CT molecular complexity index is 2060. The van der Waals surface area contributed by atoms with Gasteiger partial charge in [-0.3, -0.25) is 9.36 Å². The molecule has 2 aliphatic rings. The van der Waals surface area contributed by atoms with E-state index in [9.17, 15) is 4.79 Å². The lowest BCUT2D eigenvalue weighted by Crippen LogP contribution is -2.38. The molecule has 43 heavy (non-hydrogen) atoms. The maximum atomic E-state index is 14.2. The molecule has 4 aromatic carbocycles. The van der Waals surface area contributed by atoms with Crippen LogP contribution >= 0.6 is 56.5 Å². The number of halogens is 2. The molecule has 8 heteroatoms. The van der Waals surface area contributed by atoms with Crippen LogP contribution in [0, 0.1) is 7.14 Å². The molecule has 5 aromatic rings. The molecule has 0 amide bonds. The van der Waals surface area contributed by atoms with Crippen LogP contribution in [0.1, 0.15) is 40.3 Å². The maximum Gasteiger partial charge on any atom is 0.271 e. The first kappa shape index (κ1) is 28.5. The molecule has 1 aliphatic carbocycles. The molecular formula is C35H26I2N2O3S. The summed E-state index contributed by atoms with van der Waals surface area (Å²) in [5.74, 6) is 1.63. The minimum absolute atomic E-state index is 0.0311. The summed E-state index contributed by atoms with van der Waals surface area (Å²) < 4.78 is 16.3. The highest BCUT2D eigenvalue weighted by Crippen LogP contribution is 2.41. The van der Waals surface area contributed by atoms with Crippen molar-refractivity contribution in [2.24, 2.45) is 4.99 Å². The molecule has 0 radical (unpaired) electrons. The van der Waals surface area contributed by atoms with Gasteiger partial charge in [0, 0.05) is 5.56 Å². The van der Waals surface area contributed by atoms with E-state index in [0.717, 1.165) is 59.4 Å². The lowest BCUT2D eigenvalue weighted by molar-refractivity contribution is 0.301. The van der Waals surface area contributed by atoms with Gasteiger partial charge >= 0.3 is 0 Å².